The van der Waals surface area contributed by atoms with Gasteiger partial charge in [0.2, 0.25) is 5.91 Å². The third kappa shape index (κ3) is 4.04. The first-order chi connectivity index (χ1) is 14.3. The van der Waals surface area contributed by atoms with Crippen molar-refractivity contribution >= 4 is 46.1 Å². The summed E-state index contributed by atoms with van der Waals surface area (Å²) in [4.78, 5) is 32.6. The number of anilines is 2. The number of carbonyl (C=O) groups is 2. The fraction of sp³-hybridized carbons (Fsp3) is 0.227. The van der Waals surface area contributed by atoms with Crippen molar-refractivity contribution in [3.8, 4) is 17.0 Å². The van der Waals surface area contributed by atoms with Gasteiger partial charge in [0, 0.05) is 21.2 Å². The Labute approximate surface area is 183 Å². The van der Waals surface area contributed by atoms with Gasteiger partial charge in [-0.1, -0.05) is 17.7 Å². The number of halogens is 1. The molecule has 3 aromatic rings. The summed E-state index contributed by atoms with van der Waals surface area (Å²) in [7, 11) is 0. The summed E-state index contributed by atoms with van der Waals surface area (Å²) in [5.41, 5.74) is 2.88. The summed E-state index contributed by atoms with van der Waals surface area (Å²) in [5, 5.41) is 4.28. The summed E-state index contributed by atoms with van der Waals surface area (Å²) < 4.78 is 5.76. The molecule has 1 atom stereocenters. The molecule has 6 nitrogen and oxygen atoms in total. The van der Waals surface area contributed by atoms with Crippen molar-refractivity contribution in [1.29, 1.82) is 0 Å². The Morgan fingerprint density at radius 3 is 2.77 bits per heavy atom. The van der Waals surface area contributed by atoms with Crippen LogP contribution in [0.1, 0.15) is 16.8 Å². The molecule has 154 valence electrons. The molecule has 0 spiro atoms. The predicted octanol–water partition coefficient (Wildman–Crippen LogP) is 4.83. The lowest BCUT2D eigenvalue weighted by atomic mass is 10.1. The first-order valence-electron chi connectivity index (χ1n) is 9.43. The minimum Gasteiger partial charge on any atom is -0.479 e. The average Bonchev–Trinajstić information content (AvgIpc) is 3.03. The highest BCUT2D eigenvalue weighted by molar-refractivity contribution is 7.11. The van der Waals surface area contributed by atoms with Gasteiger partial charge in [-0.2, -0.15) is 0 Å². The number of hydrogen-bond acceptors (Lipinski definition) is 5. The van der Waals surface area contributed by atoms with Gasteiger partial charge in [0.05, 0.1) is 16.4 Å². The van der Waals surface area contributed by atoms with Gasteiger partial charge in [0.25, 0.3) is 5.91 Å². The molecule has 1 N–H and O–H groups in total. The second-order valence-corrected chi connectivity index (χ2v) is 8.91. The Balaban J connectivity index is 1.65. The van der Waals surface area contributed by atoms with Crippen LogP contribution in [0.4, 0.5) is 11.4 Å². The summed E-state index contributed by atoms with van der Waals surface area (Å²) in [5.74, 6) is -0.0326. The number of fused-ring (bicyclic) bond motifs is 1. The van der Waals surface area contributed by atoms with Crippen molar-refractivity contribution in [2.24, 2.45) is 0 Å². The standard InChI is InChI=1S/C22H20ClN3O3S/c1-12-22(28)26(11-20(27)25-17-6-4-5-16(23)10-17)18-9-15(7-8-19(18)29-12)21-13(2)30-14(3)24-21/h4-10,12H,11H2,1-3H3,(H,25,27). The number of nitrogens with zero attached hydrogens (tertiary/aromatic N) is 2. The molecular weight excluding hydrogens is 422 g/mol. The molecule has 0 radical (unpaired) electrons. The molecule has 2 heterocycles. The zero-order valence-corrected chi connectivity index (χ0v) is 18.3. The highest BCUT2D eigenvalue weighted by Gasteiger charge is 2.33. The van der Waals surface area contributed by atoms with Crippen LogP contribution >= 0.6 is 22.9 Å². The minimum absolute atomic E-state index is 0.134. The first kappa shape index (κ1) is 20.4. The van der Waals surface area contributed by atoms with Crippen LogP contribution in [0, 0.1) is 13.8 Å². The number of hydrogen-bond donors (Lipinski definition) is 1. The number of benzene rings is 2. The van der Waals surface area contributed by atoms with Gasteiger partial charge < -0.3 is 10.1 Å². The van der Waals surface area contributed by atoms with Gasteiger partial charge in [0.1, 0.15) is 12.3 Å². The van der Waals surface area contributed by atoms with Crippen LogP contribution < -0.4 is 15.0 Å². The molecule has 30 heavy (non-hydrogen) atoms. The van der Waals surface area contributed by atoms with Crippen molar-refractivity contribution in [1.82, 2.24) is 4.98 Å². The molecule has 0 fully saturated rings. The molecule has 0 saturated carbocycles. The number of amides is 2. The van der Waals surface area contributed by atoms with E-state index in [4.69, 9.17) is 16.3 Å². The molecular formula is C22H20ClN3O3S. The molecule has 2 amide bonds. The quantitative estimate of drug-likeness (QED) is 0.629. The van der Waals surface area contributed by atoms with E-state index in [2.05, 4.69) is 10.3 Å². The summed E-state index contributed by atoms with van der Waals surface area (Å²) in [6.45, 7) is 5.51. The van der Waals surface area contributed by atoms with Gasteiger partial charge in [-0.25, -0.2) is 4.98 Å². The van der Waals surface area contributed by atoms with E-state index in [-0.39, 0.29) is 18.4 Å². The molecule has 0 bridgehead atoms. The third-order valence-electron chi connectivity index (χ3n) is 4.75. The number of ether oxygens (including phenoxy) is 1. The normalized spacial score (nSPS) is 15.5. The monoisotopic (exact) mass is 441 g/mol. The van der Waals surface area contributed by atoms with E-state index in [0.717, 1.165) is 21.1 Å². The van der Waals surface area contributed by atoms with Crippen molar-refractivity contribution in [2.45, 2.75) is 26.9 Å². The lowest BCUT2D eigenvalue weighted by Gasteiger charge is -2.33. The van der Waals surface area contributed by atoms with Gasteiger partial charge >= 0.3 is 0 Å². The van der Waals surface area contributed by atoms with Crippen LogP contribution in [0.5, 0.6) is 5.75 Å². The van der Waals surface area contributed by atoms with Crippen molar-refractivity contribution in [3.05, 3.63) is 57.4 Å². The SMILES string of the molecule is Cc1nc(-c2ccc3c(c2)N(CC(=O)Nc2cccc(Cl)c2)C(=O)C(C)O3)c(C)s1. The Morgan fingerprint density at radius 2 is 2.07 bits per heavy atom. The molecule has 1 aliphatic heterocycles. The van der Waals surface area contributed by atoms with Gasteiger partial charge in [-0.15, -0.1) is 11.3 Å². The zero-order chi connectivity index (χ0) is 21.4. The highest BCUT2D eigenvalue weighted by atomic mass is 35.5. The van der Waals surface area contributed by atoms with E-state index in [1.807, 2.05) is 32.0 Å². The topological polar surface area (TPSA) is 71.5 Å². The van der Waals surface area contributed by atoms with Crippen molar-refractivity contribution in [3.63, 3.8) is 0 Å². The summed E-state index contributed by atoms with van der Waals surface area (Å²) in [6, 6.07) is 12.5. The number of thiazole rings is 1. The smallest absolute Gasteiger partial charge is 0.268 e. The average molecular weight is 442 g/mol. The number of aromatic nitrogens is 1. The van der Waals surface area contributed by atoms with Crippen LogP contribution in [0.3, 0.4) is 0 Å². The lowest BCUT2D eigenvalue weighted by molar-refractivity contribution is -0.127. The Hall–Kier alpha value is -2.90. The fourth-order valence-electron chi connectivity index (χ4n) is 3.42. The zero-order valence-electron chi connectivity index (χ0n) is 16.7. The summed E-state index contributed by atoms with van der Waals surface area (Å²) >= 11 is 7.60. The fourth-order valence-corrected chi connectivity index (χ4v) is 4.45. The minimum atomic E-state index is -0.675. The Kier molecular flexibility index (Phi) is 5.49. The molecule has 1 unspecified atom stereocenters. The second kappa shape index (κ2) is 8.08. The maximum absolute atomic E-state index is 12.8. The molecule has 1 aliphatic rings. The van der Waals surface area contributed by atoms with E-state index in [9.17, 15) is 9.59 Å². The lowest BCUT2D eigenvalue weighted by Crippen LogP contribution is -2.47. The van der Waals surface area contributed by atoms with Gasteiger partial charge in [-0.3, -0.25) is 14.5 Å². The van der Waals surface area contributed by atoms with Crippen LogP contribution in [0.25, 0.3) is 11.3 Å². The van der Waals surface area contributed by atoms with E-state index >= 15 is 0 Å². The maximum Gasteiger partial charge on any atom is 0.268 e. The number of carbonyl (C=O) groups excluding carboxylic acids is 2. The van der Waals surface area contributed by atoms with Gasteiger partial charge in [0.15, 0.2) is 6.10 Å². The van der Waals surface area contributed by atoms with Crippen LogP contribution in [-0.4, -0.2) is 29.4 Å². The molecule has 0 saturated heterocycles. The maximum atomic E-state index is 12.8. The van der Waals surface area contributed by atoms with E-state index in [1.165, 1.54) is 4.90 Å². The highest BCUT2D eigenvalue weighted by Crippen LogP contribution is 2.38. The molecule has 8 heteroatoms. The number of aryl methyl sites for hydroxylation is 2. The van der Waals surface area contributed by atoms with Crippen LogP contribution in [0.2, 0.25) is 5.02 Å². The molecule has 1 aromatic heterocycles. The molecule has 4 rings (SSSR count). The van der Waals surface area contributed by atoms with Crippen LogP contribution in [0.15, 0.2) is 42.5 Å². The van der Waals surface area contributed by atoms with E-state index in [1.54, 1.807) is 42.5 Å². The first-order valence-corrected chi connectivity index (χ1v) is 10.6. The Morgan fingerprint density at radius 1 is 1.27 bits per heavy atom. The largest absolute Gasteiger partial charge is 0.479 e. The Bertz CT molecular complexity index is 1140. The summed E-state index contributed by atoms with van der Waals surface area (Å²) in [6.07, 6.45) is -0.675. The van der Waals surface area contributed by atoms with Crippen LogP contribution in [-0.2, 0) is 9.59 Å². The molecule has 2 aromatic carbocycles. The number of rotatable bonds is 4. The van der Waals surface area contributed by atoms with E-state index in [0.29, 0.717) is 22.1 Å². The predicted molar refractivity (Wildman–Crippen MR) is 120 cm³/mol. The van der Waals surface area contributed by atoms with Crippen molar-refractivity contribution in [2.75, 3.05) is 16.8 Å². The number of nitrogens with one attached hydrogen (secondary N) is 1. The van der Waals surface area contributed by atoms with E-state index < -0.39 is 6.10 Å². The second-order valence-electron chi connectivity index (χ2n) is 7.06. The third-order valence-corrected chi connectivity index (χ3v) is 5.88. The van der Waals surface area contributed by atoms with Crippen molar-refractivity contribution < 1.29 is 14.3 Å². The van der Waals surface area contributed by atoms with Gasteiger partial charge in [-0.05, 0) is 57.2 Å². The molecule has 0 aliphatic carbocycles.